The number of ether oxygens (including phenoxy) is 1. The molecule has 2 aliphatic rings. The lowest BCUT2D eigenvalue weighted by Crippen LogP contribution is -2.46. The van der Waals surface area contributed by atoms with Crippen molar-refractivity contribution in [2.24, 2.45) is 0 Å². The van der Waals surface area contributed by atoms with Crippen LogP contribution in [0.4, 0.5) is 4.79 Å². The normalized spacial score (nSPS) is 21.8. The van der Waals surface area contributed by atoms with Crippen LogP contribution in [-0.2, 0) is 26.0 Å². The minimum absolute atomic E-state index is 0.0616. The van der Waals surface area contributed by atoms with Gasteiger partial charge in [0.05, 0.1) is 0 Å². The number of hydrogen-bond acceptors (Lipinski definition) is 6. The quantitative estimate of drug-likeness (QED) is 0.595. The minimum Gasteiger partial charge on any atom is -0.472 e. The van der Waals surface area contributed by atoms with Gasteiger partial charge in [-0.3, -0.25) is 14.9 Å². The number of imide groups is 2. The van der Waals surface area contributed by atoms with Gasteiger partial charge in [0.15, 0.2) is 0 Å². The van der Waals surface area contributed by atoms with Crippen LogP contribution in [0.1, 0.15) is 12.0 Å². The number of urea groups is 1. The first kappa shape index (κ1) is 13.6. The molecule has 0 aliphatic carbocycles. The third-order valence-corrected chi connectivity index (χ3v) is 5.09. The molecule has 2 heterocycles. The Morgan fingerprint density at radius 2 is 1.90 bits per heavy atom. The summed E-state index contributed by atoms with van der Waals surface area (Å²) in [7, 11) is -4.41. The van der Waals surface area contributed by atoms with Crippen molar-refractivity contribution in [2.45, 2.75) is 18.3 Å². The zero-order valence-electron chi connectivity index (χ0n) is 10.6. The molecule has 0 aromatic heterocycles. The van der Waals surface area contributed by atoms with Gasteiger partial charge < -0.3 is 4.74 Å². The van der Waals surface area contributed by atoms with Crippen LogP contribution in [-0.4, -0.2) is 36.0 Å². The number of para-hydroxylation sites is 1. The van der Waals surface area contributed by atoms with E-state index in [1.807, 2.05) is 0 Å². The summed E-state index contributed by atoms with van der Waals surface area (Å²) < 4.78 is 30.0. The van der Waals surface area contributed by atoms with E-state index in [-0.39, 0.29) is 10.7 Å². The van der Waals surface area contributed by atoms with E-state index in [1.54, 1.807) is 29.6 Å². The number of nitrogens with zero attached hydrogens (tertiary/aromatic N) is 1. The zero-order valence-corrected chi connectivity index (χ0v) is 11.4. The Morgan fingerprint density at radius 1 is 1.19 bits per heavy atom. The second-order valence-electron chi connectivity index (χ2n) is 4.57. The Kier molecular flexibility index (Phi) is 2.94. The molecule has 21 heavy (non-hydrogen) atoms. The Labute approximate surface area is 119 Å². The first-order chi connectivity index (χ1) is 9.91. The van der Waals surface area contributed by atoms with Gasteiger partial charge in [-0.05, 0) is 18.1 Å². The van der Waals surface area contributed by atoms with E-state index in [1.165, 1.54) is 0 Å². The number of aryl methyl sites for hydroxylation is 1. The summed E-state index contributed by atoms with van der Waals surface area (Å²) in [6.07, 6.45) is 0.516. The van der Waals surface area contributed by atoms with Crippen molar-refractivity contribution in [1.82, 2.24) is 9.62 Å². The lowest BCUT2D eigenvalue weighted by atomic mass is 10.1. The highest BCUT2D eigenvalue weighted by Crippen LogP contribution is 2.30. The second-order valence-corrected chi connectivity index (χ2v) is 6.49. The molecule has 3 rings (SSSR count). The average Bonchev–Trinajstić information content (AvgIpc) is 2.72. The smallest absolute Gasteiger partial charge is 0.345 e. The average molecular weight is 310 g/mol. The SMILES string of the molecule is O=C1NC(=O)N(S(=O)(=O)C2CCc3ccccc3O2)C1=O. The number of benzene rings is 1. The van der Waals surface area contributed by atoms with Crippen LogP contribution in [0.15, 0.2) is 24.3 Å². The van der Waals surface area contributed by atoms with Crippen molar-refractivity contribution in [1.29, 1.82) is 0 Å². The molecule has 0 saturated carbocycles. The lowest BCUT2D eigenvalue weighted by Gasteiger charge is -2.27. The lowest BCUT2D eigenvalue weighted by molar-refractivity contribution is -0.138. The highest BCUT2D eigenvalue weighted by Gasteiger charge is 2.49. The predicted octanol–water partition coefficient (Wildman–Crippen LogP) is -0.254. The van der Waals surface area contributed by atoms with Gasteiger partial charge in [0.25, 0.3) is 10.0 Å². The van der Waals surface area contributed by atoms with E-state index in [0.29, 0.717) is 12.2 Å². The molecule has 1 atom stereocenters. The summed E-state index contributed by atoms with van der Waals surface area (Å²) >= 11 is 0. The maximum Gasteiger partial charge on any atom is 0.345 e. The van der Waals surface area contributed by atoms with Gasteiger partial charge in [-0.25, -0.2) is 13.2 Å². The van der Waals surface area contributed by atoms with Crippen molar-refractivity contribution in [3.63, 3.8) is 0 Å². The number of carbonyl (C=O) groups excluding carboxylic acids is 3. The molecule has 1 unspecified atom stereocenters. The standard InChI is InChI=1S/C12H10N2O6S/c15-10-11(16)14(12(17)13-10)21(18,19)9-6-5-7-3-1-2-4-8(7)20-9/h1-4,9H,5-6H2,(H,13,15,17). The number of hydrogen-bond donors (Lipinski definition) is 1. The molecule has 0 bridgehead atoms. The van der Waals surface area contributed by atoms with Crippen LogP contribution in [0.5, 0.6) is 5.75 Å². The monoisotopic (exact) mass is 310 g/mol. The summed E-state index contributed by atoms with van der Waals surface area (Å²) in [5.74, 6) is -2.29. The fraction of sp³-hybridized carbons (Fsp3) is 0.250. The molecule has 2 aliphatic heterocycles. The molecular weight excluding hydrogens is 300 g/mol. The van der Waals surface area contributed by atoms with Gasteiger partial charge >= 0.3 is 17.8 Å². The molecule has 1 fully saturated rings. The molecule has 9 heteroatoms. The third kappa shape index (κ3) is 2.05. The van der Waals surface area contributed by atoms with Crippen molar-refractivity contribution in [3.05, 3.63) is 29.8 Å². The number of amides is 4. The molecule has 1 aromatic rings. The summed E-state index contributed by atoms with van der Waals surface area (Å²) in [5.41, 5.74) is -0.537. The third-order valence-electron chi connectivity index (χ3n) is 3.25. The van der Waals surface area contributed by atoms with Crippen molar-refractivity contribution >= 4 is 27.9 Å². The van der Waals surface area contributed by atoms with Crippen LogP contribution in [0.25, 0.3) is 0 Å². The summed E-state index contributed by atoms with van der Waals surface area (Å²) in [5, 5.41) is 1.64. The van der Waals surface area contributed by atoms with Crippen LogP contribution >= 0.6 is 0 Å². The number of fused-ring (bicyclic) bond motifs is 1. The molecule has 1 N–H and O–H groups in total. The molecule has 0 spiro atoms. The molecule has 0 radical (unpaired) electrons. The molecule has 4 amide bonds. The Hall–Kier alpha value is -2.42. The summed E-state index contributed by atoms with van der Waals surface area (Å²) in [6.45, 7) is 0. The first-order valence-electron chi connectivity index (χ1n) is 6.09. The van der Waals surface area contributed by atoms with Crippen molar-refractivity contribution in [2.75, 3.05) is 0 Å². The van der Waals surface area contributed by atoms with E-state index >= 15 is 0 Å². The first-order valence-corrected chi connectivity index (χ1v) is 7.59. The van der Waals surface area contributed by atoms with Crippen molar-refractivity contribution in [3.8, 4) is 5.75 Å². The zero-order chi connectivity index (χ0) is 15.2. The van der Waals surface area contributed by atoms with Gasteiger partial charge in [-0.15, -0.1) is 4.31 Å². The van der Waals surface area contributed by atoms with Gasteiger partial charge in [0, 0.05) is 6.42 Å². The Morgan fingerprint density at radius 3 is 2.57 bits per heavy atom. The molecule has 8 nitrogen and oxygen atoms in total. The molecule has 110 valence electrons. The van der Waals surface area contributed by atoms with Crippen LogP contribution in [0.3, 0.4) is 0 Å². The summed E-state index contributed by atoms with van der Waals surface area (Å²) in [4.78, 5) is 34.1. The van der Waals surface area contributed by atoms with E-state index in [2.05, 4.69) is 0 Å². The van der Waals surface area contributed by atoms with Crippen LogP contribution in [0, 0.1) is 0 Å². The topological polar surface area (TPSA) is 110 Å². The van der Waals surface area contributed by atoms with Crippen molar-refractivity contribution < 1.29 is 27.5 Å². The van der Waals surface area contributed by atoms with Crippen LogP contribution < -0.4 is 10.1 Å². The Balaban J connectivity index is 1.92. The van der Waals surface area contributed by atoms with Gasteiger partial charge in [0.1, 0.15) is 5.75 Å². The molecular formula is C12H10N2O6S. The summed E-state index contributed by atoms with van der Waals surface area (Å²) in [6, 6.07) is 5.62. The number of sulfonamides is 1. The maximum absolute atomic E-state index is 12.3. The maximum atomic E-state index is 12.3. The van der Waals surface area contributed by atoms with Gasteiger partial charge in [-0.2, -0.15) is 0 Å². The largest absolute Gasteiger partial charge is 0.472 e. The predicted molar refractivity (Wildman–Crippen MR) is 68.5 cm³/mol. The van der Waals surface area contributed by atoms with E-state index in [0.717, 1.165) is 5.56 Å². The highest BCUT2D eigenvalue weighted by molar-refractivity contribution is 7.90. The van der Waals surface area contributed by atoms with E-state index < -0.39 is 33.3 Å². The van der Waals surface area contributed by atoms with E-state index in [4.69, 9.17) is 4.74 Å². The number of rotatable bonds is 2. The number of nitrogens with one attached hydrogen (secondary N) is 1. The van der Waals surface area contributed by atoms with Gasteiger partial charge in [0.2, 0.25) is 5.44 Å². The second kappa shape index (κ2) is 4.55. The highest BCUT2D eigenvalue weighted by atomic mass is 32.2. The van der Waals surface area contributed by atoms with E-state index in [9.17, 15) is 22.8 Å². The molecule has 1 saturated heterocycles. The number of carbonyl (C=O) groups is 3. The fourth-order valence-corrected chi connectivity index (χ4v) is 3.71. The molecule has 1 aromatic carbocycles. The van der Waals surface area contributed by atoms with Gasteiger partial charge in [-0.1, -0.05) is 18.2 Å². The fourth-order valence-electron chi connectivity index (χ4n) is 2.24. The minimum atomic E-state index is -4.41. The Bertz CT molecular complexity index is 757. The van der Waals surface area contributed by atoms with Crippen LogP contribution in [0.2, 0.25) is 0 Å².